The maximum Gasteiger partial charge on any atom is 0.268 e. The first-order chi connectivity index (χ1) is 16.0. The lowest BCUT2D eigenvalue weighted by Gasteiger charge is -2.20. The third-order valence-corrected chi connectivity index (χ3v) is 8.32. The summed E-state index contributed by atoms with van der Waals surface area (Å²) in [5.74, 6) is 0.677. The van der Waals surface area contributed by atoms with Crippen LogP contribution in [0.1, 0.15) is 43.3 Å². The third-order valence-electron chi connectivity index (χ3n) is 6.25. The van der Waals surface area contributed by atoms with Gasteiger partial charge >= 0.3 is 0 Å². The monoisotopic (exact) mass is 483 g/mol. The lowest BCUT2D eigenvalue weighted by Crippen LogP contribution is -2.30. The van der Waals surface area contributed by atoms with Crippen LogP contribution in [0.15, 0.2) is 53.4 Å². The van der Waals surface area contributed by atoms with E-state index < -0.39 is 16.1 Å². The number of para-hydroxylation sites is 1. The summed E-state index contributed by atoms with van der Waals surface area (Å²) in [5, 5.41) is 15.0. The predicted octanol–water partition coefficient (Wildman–Crippen LogP) is 3.99. The van der Waals surface area contributed by atoms with Crippen LogP contribution in [0, 0.1) is 13.8 Å². The van der Waals surface area contributed by atoms with Crippen molar-refractivity contribution in [1.82, 2.24) is 9.78 Å². The highest BCUT2D eigenvalue weighted by Gasteiger charge is 2.35. The van der Waals surface area contributed by atoms with E-state index in [0.717, 1.165) is 11.3 Å². The smallest absolute Gasteiger partial charge is 0.268 e. The summed E-state index contributed by atoms with van der Waals surface area (Å²) in [7, 11) is -3.76. The molecule has 4 rings (SSSR count). The number of nitrogens with zero attached hydrogens (tertiary/aromatic N) is 3. The van der Waals surface area contributed by atoms with Crippen molar-refractivity contribution >= 4 is 15.7 Å². The van der Waals surface area contributed by atoms with Crippen molar-refractivity contribution in [2.45, 2.75) is 64.0 Å². The van der Waals surface area contributed by atoms with Crippen LogP contribution in [0.5, 0.6) is 5.75 Å². The van der Waals surface area contributed by atoms with E-state index in [1.165, 1.54) is 9.87 Å². The lowest BCUT2D eigenvalue weighted by atomic mass is 9.87. The molecule has 7 nitrogen and oxygen atoms in total. The SMILES string of the molecule is Cc1nn(CC(O)COc2ccc(C(C)(C)C)cc2)c(C)c1S(=O)(=O)N1CCc2ccccc21. The fraction of sp³-hybridized carbons (Fsp3) is 0.423. The van der Waals surface area contributed by atoms with Gasteiger partial charge in [-0.2, -0.15) is 5.10 Å². The Morgan fingerprint density at radius 3 is 2.44 bits per heavy atom. The number of aryl methyl sites for hydroxylation is 1. The summed E-state index contributed by atoms with van der Waals surface area (Å²) in [6.45, 7) is 10.5. The Kier molecular flexibility index (Phi) is 6.48. The number of anilines is 1. The number of hydrogen-bond donors (Lipinski definition) is 1. The van der Waals surface area contributed by atoms with Crippen LogP contribution in [-0.2, 0) is 28.4 Å². The van der Waals surface area contributed by atoms with E-state index in [0.29, 0.717) is 30.1 Å². The minimum Gasteiger partial charge on any atom is -0.491 e. The van der Waals surface area contributed by atoms with Gasteiger partial charge in [0.25, 0.3) is 10.0 Å². The number of ether oxygens (including phenoxy) is 1. The molecule has 182 valence electrons. The van der Waals surface area contributed by atoms with Crippen molar-refractivity contribution in [3.05, 3.63) is 71.0 Å². The van der Waals surface area contributed by atoms with Crippen molar-refractivity contribution < 1.29 is 18.3 Å². The van der Waals surface area contributed by atoms with Crippen molar-refractivity contribution in [3.63, 3.8) is 0 Å². The van der Waals surface area contributed by atoms with Crippen molar-refractivity contribution in [2.75, 3.05) is 17.5 Å². The molecule has 2 aromatic carbocycles. The van der Waals surface area contributed by atoms with E-state index in [2.05, 4.69) is 25.9 Å². The first-order valence-corrected chi connectivity index (χ1v) is 13.0. The number of aromatic nitrogens is 2. The molecule has 1 aliphatic heterocycles. The zero-order valence-corrected chi connectivity index (χ0v) is 21.3. The number of aliphatic hydroxyl groups excluding tert-OH is 1. The molecule has 0 saturated heterocycles. The summed E-state index contributed by atoms with van der Waals surface area (Å²) in [6.07, 6.45) is -0.155. The highest BCUT2D eigenvalue weighted by molar-refractivity contribution is 7.93. The van der Waals surface area contributed by atoms with E-state index in [4.69, 9.17) is 4.74 Å². The molecule has 1 aliphatic rings. The number of fused-ring (bicyclic) bond motifs is 1. The Balaban J connectivity index is 1.46. The summed E-state index contributed by atoms with van der Waals surface area (Å²) >= 11 is 0. The molecule has 0 saturated carbocycles. The maximum atomic E-state index is 13.5. The van der Waals surface area contributed by atoms with Gasteiger partial charge in [-0.05, 0) is 55.0 Å². The third kappa shape index (κ3) is 4.70. The van der Waals surface area contributed by atoms with E-state index >= 15 is 0 Å². The van der Waals surface area contributed by atoms with Crippen molar-refractivity contribution in [1.29, 1.82) is 0 Å². The average Bonchev–Trinajstić information content (AvgIpc) is 3.33. The lowest BCUT2D eigenvalue weighted by molar-refractivity contribution is 0.0886. The molecule has 3 aromatic rings. The van der Waals surface area contributed by atoms with E-state index in [1.54, 1.807) is 18.5 Å². The molecule has 0 bridgehead atoms. The molecule has 1 atom stereocenters. The first kappa shape index (κ1) is 24.3. The fourth-order valence-corrected chi connectivity index (χ4v) is 6.28. The molecule has 0 spiro atoms. The standard InChI is InChI=1S/C26H33N3O4S/c1-18-25(34(31,32)29-15-14-20-8-6-7-9-24(20)29)19(2)28(27-18)16-22(30)17-33-23-12-10-21(11-13-23)26(3,4)5/h6-13,22,30H,14-17H2,1-5H3. The second-order valence-electron chi connectivity index (χ2n) is 9.88. The molecule has 1 N–H and O–H groups in total. The molecule has 34 heavy (non-hydrogen) atoms. The van der Waals surface area contributed by atoms with Gasteiger partial charge in [0.1, 0.15) is 23.4 Å². The molecule has 0 radical (unpaired) electrons. The van der Waals surface area contributed by atoms with E-state index in [1.807, 2.05) is 48.5 Å². The Morgan fingerprint density at radius 1 is 1.09 bits per heavy atom. The Hall–Kier alpha value is -2.84. The molecule has 8 heteroatoms. The van der Waals surface area contributed by atoms with Gasteiger partial charge in [0.05, 0.1) is 23.6 Å². The number of benzene rings is 2. The minimum atomic E-state index is -3.76. The van der Waals surface area contributed by atoms with Crippen molar-refractivity contribution in [3.8, 4) is 5.75 Å². The summed E-state index contributed by atoms with van der Waals surface area (Å²) in [5.41, 5.74) is 3.94. The fourth-order valence-electron chi connectivity index (χ4n) is 4.40. The predicted molar refractivity (Wildman–Crippen MR) is 133 cm³/mol. The van der Waals surface area contributed by atoms with E-state index in [-0.39, 0.29) is 23.5 Å². The number of sulfonamides is 1. The van der Waals surface area contributed by atoms with Crippen LogP contribution in [-0.4, -0.2) is 42.6 Å². The minimum absolute atomic E-state index is 0.0582. The highest BCUT2D eigenvalue weighted by atomic mass is 32.2. The molecule has 0 amide bonds. The van der Waals surface area contributed by atoms with Gasteiger partial charge in [0.15, 0.2) is 0 Å². The van der Waals surface area contributed by atoms with Gasteiger partial charge in [0, 0.05) is 6.54 Å². The number of hydrogen-bond acceptors (Lipinski definition) is 5. The maximum absolute atomic E-state index is 13.5. The van der Waals surface area contributed by atoms with Gasteiger partial charge in [0.2, 0.25) is 0 Å². The largest absolute Gasteiger partial charge is 0.491 e. The Labute approximate surface area is 202 Å². The van der Waals surface area contributed by atoms with Crippen LogP contribution in [0.3, 0.4) is 0 Å². The summed E-state index contributed by atoms with van der Waals surface area (Å²) < 4.78 is 35.8. The van der Waals surface area contributed by atoms with E-state index in [9.17, 15) is 13.5 Å². The molecular formula is C26H33N3O4S. The quantitative estimate of drug-likeness (QED) is 0.549. The average molecular weight is 484 g/mol. The molecular weight excluding hydrogens is 450 g/mol. The van der Waals surface area contributed by atoms with Gasteiger partial charge in [-0.25, -0.2) is 8.42 Å². The van der Waals surface area contributed by atoms with Crippen LogP contribution in [0.25, 0.3) is 0 Å². The molecule has 0 fully saturated rings. The van der Waals surface area contributed by atoms with Gasteiger partial charge < -0.3 is 9.84 Å². The van der Waals surface area contributed by atoms with Crippen molar-refractivity contribution in [2.24, 2.45) is 0 Å². The second kappa shape index (κ2) is 9.07. The molecule has 2 heterocycles. The van der Waals surface area contributed by atoms with Crippen LogP contribution in [0.4, 0.5) is 5.69 Å². The molecule has 1 aromatic heterocycles. The second-order valence-corrected chi connectivity index (χ2v) is 11.7. The van der Waals surface area contributed by atoms with Crippen LogP contribution < -0.4 is 9.04 Å². The molecule has 1 unspecified atom stereocenters. The summed E-state index contributed by atoms with van der Waals surface area (Å²) in [4.78, 5) is 0.204. The number of aliphatic hydroxyl groups is 1. The van der Waals surface area contributed by atoms with Gasteiger partial charge in [-0.15, -0.1) is 0 Å². The summed E-state index contributed by atoms with van der Waals surface area (Å²) in [6, 6.07) is 15.4. The highest BCUT2D eigenvalue weighted by Crippen LogP contribution is 2.34. The number of rotatable bonds is 7. The normalized spacial score (nSPS) is 14.8. The van der Waals surface area contributed by atoms with Crippen LogP contribution >= 0.6 is 0 Å². The van der Waals surface area contributed by atoms with Gasteiger partial charge in [-0.3, -0.25) is 8.99 Å². The zero-order chi connectivity index (χ0) is 24.7. The Bertz CT molecular complexity index is 1270. The Morgan fingerprint density at radius 2 is 1.76 bits per heavy atom. The zero-order valence-electron chi connectivity index (χ0n) is 20.4. The van der Waals surface area contributed by atoms with Gasteiger partial charge in [-0.1, -0.05) is 51.1 Å². The molecule has 0 aliphatic carbocycles. The van der Waals surface area contributed by atoms with Crippen LogP contribution in [0.2, 0.25) is 0 Å². The first-order valence-electron chi connectivity index (χ1n) is 11.5. The topological polar surface area (TPSA) is 84.7 Å².